The van der Waals surface area contributed by atoms with E-state index in [0.717, 1.165) is 11.6 Å². The minimum Gasteiger partial charge on any atom is -0.456 e. The predicted octanol–water partition coefficient (Wildman–Crippen LogP) is 3.55. The second kappa shape index (κ2) is 6.90. The molecule has 1 aliphatic heterocycles. The summed E-state index contributed by atoms with van der Waals surface area (Å²) >= 11 is 0. The smallest absolute Gasteiger partial charge is 0.330 e. The van der Waals surface area contributed by atoms with Gasteiger partial charge in [-0.2, -0.15) is 0 Å². The second-order valence-electron chi connectivity index (χ2n) is 5.64. The van der Waals surface area contributed by atoms with E-state index in [1.807, 2.05) is 44.2 Å². The summed E-state index contributed by atoms with van der Waals surface area (Å²) in [6.45, 7) is 10.9. The maximum absolute atomic E-state index is 11.6. The molecule has 1 fully saturated rings. The van der Waals surface area contributed by atoms with Crippen LogP contribution in [-0.4, -0.2) is 24.0 Å². The molecule has 0 aliphatic carbocycles. The van der Waals surface area contributed by atoms with Gasteiger partial charge in [-0.25, -0.2) is 4.79 Å². The minimum atomic E-state index is -0.745. The number of carbonyl (C=O) groups is 1. The fourth-order valence-electron chi connectivity index (χ4n) is 2.57. The van der Waals surface area contributed by atoms with Crippen molar-refractivity contribution < 1.29 is 19.0 Å². The third-order valence-corrected chi connectivity index (χ3v) is 3.46. The lowest BCUT2D eigenvalue weighted by Crippen LogP contribution is -2.35. The lowest BCUT2D eigenvalue weighted by Gasteiger charge is -2.25. The van der Waals surface area contributed by atoms with E-state index in [2.05, 4.69) is 13.2 Å². The van der Waals surface area contributed by atoms with Crippen molar-refractivity contribution in [2.75, 3.05) is 0 Å². The molecule has 22 heavy (non-hydrogen) atoms. The first-order chi connectivity index (χ1) is 10.5. The van der Waals surface area contributed by atoms with Crippen molar-refractivity contribution in [1.29, 1.82) is 0 Å². The number of hydrogen-bond donors (Lipinski definition) is 0. The molecule has 0 saturated carbocycles. The van der Waals surface area contributed by atoms with Gasteiger partial charge < -0.3 is 14.2 Å². The van der Waals surface area contributed by atoms with Gasteiger partial charge in [0.05, 0.1) is 0 Å². The zero-order valence-corrected chi connectivity index (χ0v) is 13.0. The Bertz CT molecular complexity index is 535. The van der Waals surface area contributed by atoms with Crippen LogP contribution in [0.4, 0.5) is 0 Å². The van der Waals surface area contributed by atoms with Gasteiger partial charge in [-0.05, 0) is 19.4 Å². The molecule has 0 amide bonds. The highest BCUT2D eigenvalue weighted by atomic mass is 16.8. The van der Waals surface area contributed by atoms with Crippen molar-refractivity contribution in [3.8, 4) is 0 Å². The van der Waals surface area contributed by atoms with Crippen LogP contribution in [0.5, 0.6) is 0 Å². The molecule has 1 aromatic carbocycles. The Kier molecular flexibility index (Phi) is 5.16. The van der Waals surface area contributed by atoms with Gasteiger partial charge >= 0.3 is 5.97 Å². The molecule has 0 radical (unpaired) electrons. The lowest BCUT2D eigenvalue weighted by molar-refractivity contribution is -0.167. The zero-order valence-electron chi connectivity index (χ0n) is 13.0. The van der Waals surface area contributed by atoms with Crippen LogP contribution < -0.4 is 0 Å². The summed E-state index contributed by atoms with van der Waals surface area (Å²) in [5.41, 5.74) is 0.988. The van der Waals surface area contributed by atoms with E-state index >= 15 is 0 Å². The Morgan fingerprint density at radius 1 is 1.32 bits per heavy atom. The van der Waals surface area contributed by atoms with Gasteiger partial charge in [0.2, 0.25) is 0 Å². The first-order valence-electron chi connectivity index (χ1n) is 7.31. The van der Waals surface area contributed by atoms with E-state index in [1.54, 1.807) is 6.08 Å². The Labute approximate surface area is 131 Å². The monoisotopic (exact) mass is 302 g/mol. The summed E-state index contributed by atoms with van der Waals surface area (Å²) in [6.07, 6.45) is 2.15. The van der Waals surface area contributed by atoms with Crippen LogP contribution in [0.3, 0.4) is 0 Å². The van der Waals surface area contributed by atoms with Gasteiger partial charge in [0.15, 0.2) is 5.79 Å². The van der Waals surface area contributed by atoms with Crippen LogP contribution >= 0.6 is 0 Å². The molecule has 1 aliphatic rings. The number of carbonyl (C=O) groups excluding carboxylic acids is 1. The molecular weight excluding hydrogens is 280 g/mol. The highest BCUT2D eigenvalue weighted by molar-refractivity contribution is 5.81. The third kappa shape index (κ3) is 3.84. The summed E-state index contributed by atoms with van der Waals surface area (Å²) in [5, 5.41) is 0. The molecule has 0 spiro atoms. The SMILES string of the molecule is C=CC[C@@H](OC(=O)C=C)[C@@H]1OC(C)(C)O[C@H]1c1ccccc1. The Hall–Kier alpha value is -1.91. The molecule has 0 bridgehead atoms. The molecule has 0 N–H and O–H groups in total. The number of hydrogen-bond acceptors (Lipinski definition) is 4. The Balaban J connectivity index is 2.28. The van der Waals surface area contributed by atoms with E-state index in [-0.39, 0.29) is 6.10 Å². The molecule has 1 heterocycles. The Morgan fingerprint density at radius 2 is 2.00 bits per heavy atom. The molecule has 3 atom stereocenters. The summed E-state index contributed by atoms with van der Waals surface area (Å²) in [7, 11) is 0. The highest BCUT2D eigenvalue weighted by Gasteiger charge is 2.46. The standard InChI is InChI=1S/C18H22O4/c1-5-10-14(20-15(19)6-2)17-16(21-18(3,4)22-17)13-11-8-7-9-12-13/h5-9,11-12,14,16-17H,1-2,10H2,3-4H3/t14-,16+,17+/m1/s1. The number of benzene rings is 1. The average Bonchev–Trinajstić information content (AvgIpc) is 2.83. The topological polar surface area (TPSA) is 44.8 Å². The maximum atomic E-state index is 11.6. The molecule has 118 valence electrons. The van der Waals surface area contributed by atoms with Crippen LogP contribution in [0.15, 0.2) is 55.6 Å². The molecule has 2 rings (SSSR count). The number of rotatable bonds is 6. The molecule has 4 nitrogen and oxygen atoms in total. The number of ether oxygens (including phenoxy) is 3. The second-order valence-corrected chi connectivity index (χ2v) is 5.64. The van der Waals surface area contributed by atoms with Crippen LogP contribution in [-0.2, 0) is 19.0 Å². The highest BCUT2D eigenvalue weighted by Crippen LogP contribution is 2.41. The van der Waals surface area contributed by atoms with E-state index in [9.17, 15) is 4.79 Å². The van der Waals surface area contributed by atoms with Crippen molar-refractivity contribution >= 4 is 5.97 Å². The van der Waals surface area contributed by atoms with Crippen LogP contribution in [0.1, 0.15) is 31.9 Å². The average molecular weight is 302 g/mol. The van der Waals surface area contributed by atoms with Crippen molar-refractivity contribution in [3.63, 3.8) is 0 Å². The molecular formula is C18H22O4. The van der Waals surface area contributed by atoms with Crippen molar-refractivity contribution in [1.82, 2.24) is 0 Å². The first kappa shape index (κ1) is 16.5. The third-order valence-electron chi connectivity index (χ3n) is 3.46. The van der Waals surface area contributed by atoms with E-state index in [1.165, 1.54) is 0 Å². The molecule has 1 aromatic rings. The quantitative estimate of drug-likeness (QED) is 0.458. The molecule has 1 saturated heterocycles. The lowest BCUT2D eigenvalue weighted by atomic mass is 9.98. The first-order valence-corrected chi connectivity index (χ1v) is 7.31. The van der Waals surface area contributed by atoms with Crippen LogP contribution in [0, 0.1) is 0 Å². The molecule has 0 unspecified atom stereocenters. The minimum absolute atomic E-state index is 0.307. The summed E-state index contributed by atoms with van der Waals surface area (Å²) in [4.78, 5) is 11.6. The van der Waals surface area contributed by atoms with Crippen molar-refractivity contribution in [2.24, 2.45) is 0 Å². The van der Waals surface area contributed by atoms with Gasteiger partial charge in [0.1, 0.15) is 18.3 Å². The van der Waals surface area contributed by atoms with Crippen molar-refractivity contribution in [2.45, 2.75) is 44.4 Å². The van der Waals surface area contributed by atoms with Gasteiger partial charge in [-0.15, -0.1) is 6.58 Å². The molecule has 0 aromatic heterocycles. The normalized spacial score (nSPS) is 24.5. The maximum Gasteiger partial charge on any atom is 0.330 e. The predicted molar refractivity (Wildman–Crippen MR) is 84.1 cm³/mol. The van der Waals surface area contributed by atoms with E-state index in [0.29, 0.717) is 6.42 Å². The largest absolute Gasteiger partial charge is 0.456 e. The van der Waals surface area contributed by atoms with E-state index in [4.69, 9.17) is 14.2 Å². The van der Waals surface area contributed by atoms with Crippen LogP contribution in [0.2, 0.25) is 0 Å². The summed E-state index contributed by atoms with van der Waals surface area (Å²) in [5.74, 6) is -1.22. The van der Waals surface area contributed by atoms with Gasteiger partial charge in [-0.3, -0.25) is 0 Å². The van der Waals surface area contributed by atoms with Crippen LogP contribution in [0.25, 0.3) is 0 Å². The number of esters is 1. The van der Waals surface area contributed by atoms with Gasteiger partial charge in [0.25, 0.3) is 0 Å². The van der Waals surface area contributed by atoms with Gasteiger partial charge in [-0.1, -0.05) is 43.0 Å². The Morgan fingerprint density at radius 3 is 2.59 bits per heavy atom. The van der Waals surface area contributed by atoms with Crippen molar-refractivity contribution in [3.05, 3.63) is 61.2 Å². The fourth-order valence-corrected chi connectivity index (χ4v) is 2.57. The fraction of sp³-hybridized carbons (Fsp3) is 0.389. The van der Waals surface area contributed by atoms with E-state index < -0.39 is 24.0 Å². The summed E-state index contributed by atoms with van der Waals surface area (Å²) in [6, 6.07) is 9.78. The van der Waals surface area contributed by atoms with Gasteiger partial charge in [0, 0.05) is 12.5 Å². The zero-order chi connectivity index (χ0) is 16.2. The molecule has 4 heteroatoms. The summed E-state index contributed by atoms with van der Waals surface area (Å²) < 4.78 is 17.4.